The molecule has 1 saturated heterocycles. The molecule has 62 valence electrons. The lowest BCUT2D eigenvalue weighted by Gasteiger charge is -2.36. The van der Waals surface area contributed by atoms with Crippen LogP contribution in [-0.4, -0.2) is 34.4 Å². The van der Waals surface area contributed by atoms with Gasteiger partial charge in [-0.25, -0.2) is 0 Å². The Morgan fingerprint density at radius 2 is 2.36 bits per heavy atom. The van der Waals surface area contributed by atoms with Gasteiger partial charge in [-0.1, -0.05) is 6.08 Å². The summed E-state index contributed by atoms with van der Waals surface area (Å²) in [6, 6.07) is -0.622. The molecule has 0 saturated carbocycles. The first-order chi connectivity index (χ1) is 5.15. The Bertz CT molecular complexity index is 175. The molecule has 1 aliphatic rings. The monoisotopic (exact) mass is 157 g/mol. The highest BCUT2D eigenvalue weighted by molar-refractivity contribution is 5.74. The van der Waals surface area contributed by atoms with Crippen molar-refractivity contribution in [2.45, 2.75) is 24.6 Å². The number of aliphatic hydroxyl groups excluding tert-OH is 1. The Kier molecular flexibility index (Phi) is 2.26. The van der Waals surface area contributed by atoms with E-state index in [-0.39, 0.29) is 6.04 Å². The van der Waals surface area contributed by atoms with Gasteiger partial charge in [0.2, 0.25) is 0 Å². The van der Waals surface area contributed by atoms with Crippen LogP contribution >= 0.6 is 0 Å². The van der Waals surface area contributed by atoms with Crippen molar-refractivity contribution in [3.63, 3.8) is 0 Å². The van der Waals surface area contributed by atoms with Crippen LogP contribution in [0.4, 0.5) is 0 Å². The fraction of sp³-hybridized carbons (Fsp3) is 0.571. The first kappa shape index (κ1) is 8.23. The standard InChI is InChI=1S/C7H11NO3/c1-2-6(9)4-3-5(8-4)7(10)11/h2,4-6,8-9H,1,3H2,(H,10,11)/t4-,5+,6?/m1/s1. The molecule has 1 aliphatic heterocycles. The Morgan fingerprint density at radius 3 is 2.73 bits per heavy atom. The molecule has 0 aromatic rings. The van der Waals surface area contributed by atoms with E-state index in [0.717, 1.165) is 0 Å². The van der Waals surface area contributed by atoms with E-state index in [9.17, 15) is 4.79 Å². The third-order valence-corrected chi connectivity index (χ3v) is 1.86. The maximum atomic E-state index is 10.3. The van der Waals surface area contributed by atoms with Crippen molar-refractivity contribution in [1.29, 1.82) is 0 Å². The fourth-order valence-electron chi connectivity index (χ4n) is 1.06. The summed E-state index contributed by atoms with van der Waals surface area (Å²) < 4.78 is 0. The predicted molar refractivity (Wildman–Crippen MR) is 39.2 cm³/mol. The second kappa shape index (κ2) is 3.02. The van der Waals surface area contributed by atoms with Crippen LogP contribution in [0, 0.1) is 0 Å². The molecule has 1 heterocycles. The number of aliphatic carboxylic acids is 1. The highest BCUT2D eigenvalue weighted by atomic mass is 16.4. The predicted octanol–water partition coefficient (Wildman–Crippen LogP) is -0.652. The van der Waals surface area contributed by atoms with Crippen molar-refractivity contribution >= 4 is 5.97 Å². The van der Waals surface area contributed by atoms with Crippen molar-refractivity contribution in [2.75, 3.05) is 0 Å². The zero-order chi connectivity index (χ0) is 8.43. The van der Waals surface area contributed by atoms with Gasteiger partial charge in [0.05, 0.1) is 6.10 Å². The van der Waals surface area contributed by atoms with Gasteiger partial charge in [-0.05, 0) is 6.42 Å². The molecule has 0 aromatic heterocycles. The molecular weight excluding hydrogens is 146 g/mol. The molecule has 1 rings (SSSR count). The molecule has 0 bridgehead atoms. The van der Waals surface area contributed by atoms with Crippen LogP contribution in [0.1, 0.15) is 6.42 Å². The van der Waals surface area contributed by atoms with E-state index < -0.39 is 18.1 Å². The van der Waals surface area contributed by atoms with Crippen LogP contribution in [0.25, 0.3) is 0 Å². The maximum absolute atomic E-state index is 10.3. The van der Waals surface area contributed by atoms with E-state index in [4.69, 9.17) is 10.2 Å². The number of carboxylic acid groups (broad SMARTS) is 1. The molecule has 0 radical (unpaired) electrons. The molecule has 0 spiro atoms. The summed E-state index contributed by atoms with van der Waals surface area (Å²) in [6.45, 7) is 3.40. The van der Waals surface area contributed by atoms with Gasteiger partial charge in [-0.15, -0.1) is 6.58 Å². The molecule has 1 unspecified atom stereocenters. The SMILES string of the molecule is C=CC(O)[C@H]1C[C@@H](C(=O)O)N1. The van der Waals surface area contributed by atoms with Gasteiger partial charge in [0.15, 0.2) is 0 Å². The molecule has 0 aromatic carbocycles. The number of hydrogen-bond acceptors (Lipinski definition) is 3. The quantitative estimate of drug-likeness (QED) is 0.476. The van der Waals surface area contributed by atoms with E-state index in [2.05, 4.69) is 11.9 Å². The molecule has 4 nitrogen and oxygen atoms in total. The summed E-state index contributed by atoms with van der Waals surface area (Å²) in [4.78, 5) is 10.3. The molecule has 1 fully saturated rings. The summed E-state index contributed by atoms with van der Waals surface area (Å²) in [5, 5.41) is 20.2. The van der Waals surface area contributed by atoms with Crippen LogP contribution in [0.2, 0.25) is 0 Å². The topological polar surface area (TPSA) is 69.6 Å². The van der Waals surface area contributed by atoms with Crippen molar-refractivity contribution in [3.8, 4) is 0 Å². The number of aliphatic hydroxyl groups is 1. The molecule has 0 amide bonds. The van der Waals surface area contributed by atoms with Crippen LogP contribution in [0.5, 0.6) is 0 Å². The lowest BCUT2D eigenvalue weighted by Crippen LogP contribution is -2.60. The minimum atomic E-state index is -0.863. The summed E-state index contributed by atoms with van der Waals surface area (Å²) in [5.41, 5.74) is 0. The minimum absolute atomic E-state index is 0.131. The number of hydrogen-bond donors (Lipinski definition) is 3. The Labute approximate surface area is 64.5 Å². The van der Waals surface area contributed by atoms with Gasteiger partial charge in [0.1, 0.15) is 6.04 Å². The zero-order valence-corrected chi connectivity index (χ0v) is 6.03. The normalized spacial score (nSPS) is 32.1. The van der Waals surface area contributed by atoms with Gasteiger partial charge in [0, 0.05) is 6.04 Å². The van der Waals surface area contributed by atoms with Crippen molar-refractivity contribution in [2.24, 2.45) is 0 Å². The average Bonchev–Trinajstić information content (AvgIpc) is 1.83. The number of carbonyl (C=O) groups is 1. The maximum Gasteiger partial charge on any atom is 0.320 e. The van der Waals surface area contributed by atoms with Gasteiger partial charge in [-0.2, -0.15) is 0 Å². The third-order valence-electron chi connectivity index (χ3n) is 1.86. The second-order valence-electron chi connectivity index (χ2n) is 2.63. The van der Waals surface area contributed by atoms with E-state index in [1.165, 1.54) is 6.08 Å². The van der Waals surface area contributed by atoms with Gasteiger partial charge < -0.3 is 10.2 Å². The highest BCUT2D eigenvalue weighted by Crippen LogP contribution is 2.15. The Hall–Kier alpha value is -0.870. The van der Waals surface area contributed by atoms with Crippen molar-refractivity contribution in [3.05, 3.63) is 12.7 Å². The lowest BCUT2D eigenvalue weighted by molar-refractivity contribution is -0.143. The summed E-state index contributed by atoms with van der Waals surface area (Å²) in [6.07, 6.45) is 1.24. The van der Waals surface area contributed by atoms with Gasteiger partial charge in [0.25, 0.3) is 0 Å². The van der Waals surface area contributed by atoms with Crippen LogP contribution in [0.3, 0.4) is 0 Å². The average molecular weight is 157 g/mol. The van der Waals surface area contributed by atoms with Gasteiger partial charge >= 0.3 is 5.97 Å². The minimum Gasteiger partial charge on any atom is -0.480 e. The van der Waals surface area contributed by atoms with E-state index >= 15 is 0 Å². The smallest absolute Gasteiger partial charge is 0.320 e. The third kappa shape index (κ3) is 1.58. The Balaban J connectivity index is 2.29. The number of rotatable bonds is 3. The largest absolute Gasteiger partial charge is 0.480 e. The molecule has 3 atom stereocenters. The zero-order valence-electron chi connectivity index (χ0n) is 6.03. The van der Waals surface area contributed by atoms with Crippen molar-refractivity contribution in [1.82, 2.24) is 5.32 Å². The summed E-state index contributed by atoms with van der Waals surface area (Å²) in [7, 11) is 0. The molecule has 11 heavy (non-hydrogen) atoms. The van der Waals surface area contributed by atoms with Crippen molar-refractivity contribution < 1.29 is 15.0 Å². The second-order valence-corrected chi connectivity index (χ2v) is 2.63. The number of carboxylic acids is 1. The fourth-order valence-corrected chi connectivity index (χ4v) is 1.06. The van der Waals surface area contributed by atoms with Gasteiger partial charge in [-0.3, -0.25) is 10.1 Å². The van der Waals surface area contributed by atoms with E-state index in [1.54, 1.807) is 0 Å². The molecule has 4 heteroatoms. The first-order valence-electron chi connectivity index (χ1n) is 3.44. The Morgan fingerprint density at radius 1 is 1.82 bits per heavy atom. The van der Waals surface area contributed by atoms with Crippen LogP contribution in [-0.2, 0) is 4.79 Å². The van der Waals surface area contributed by atoms with E-state index in [1.807, 2.05) is 0 Å². The molecule has 0 aliphatic carbocycles. The van der Waals surface area contributed by atoms with Crippen LogP contribution in [0.15, 0.2) is 12.7 Å². The van der Waals surface area contributed by atoms with E-state index in [0.29, 0.717) is 6.42 Å². The first-order valence-corrected chi connectivity index (χ1v) is 3.44. The molecular formula is C7H11NO3. The molecule has 3 N–H and O–H groups in total. The summed E-state index contributed by atoms with van der Waals surface area (Å²) in [5.74, 6) is -0.863. The van der Waals surface area contributed by atoms with Crippen LogP contribution < -0.4 is 5.32 Å². The highest BCUT2D eigenvalue weighted by Gasteiger charge is 2.36. The number of nitrogens with one attached hydrogen (secondary N) is 1. The summed E-state index contributed by atoms with van der Waals surface area (Å²) >= 11 is 0. The lowest BCUT2D eigenvalue weighted by atomic mass is 9.93.